The third-order valence-corrected chi connectivity index (χ3v) is 10.0. The lowest BCUT2D eigenvalue weighted by atomic mass is 9.44. The van der Waals surface area contributed by atoms with E-state index in [9.17, 15) is 34.2 Å². The number of allylic oxidation sites excluding steroid dienone is 1. The van der Waals surface area contributed by atoms with Gasteiger partial charge < -0.3 is 29.2 Å². The van der Waals surface area contributed by atoms with Gasteiger partial charge >= 0.3 is 17.9 Å². The van der Waals surface area contributed by atoms with E-state index >= 15 is 0 Å². The molecule has 0 radical (unpaired) electrons. The SMILES string of the molecule is CC(=O)O[C@H]1C(=O)[C@@]2(C)C(C(OC(=O)c3ccccc3)[C@]3(O)CC(=O)C(C)=C1C3(C)C)[C@]1(OC(C)=O)CO[C@@H]1C[C@@H]2O. The first-order chi connectivity index (χ1) is 19.5. The Kier molecular flexibility index (Phi) is 7.03. The van der Waals surface area contributed by atoms with Crippen molar-refractivity contribution in [2.45, 2.75) is 90.0 Å². The number of Topliss-reactive ketones (excluding diaryl/α,β-unsaturated/α-hetero) is 2. The van der Waals surface area contributed by atoms with Crippen molar-refractivity contribution in [1.82, 2.24) is 0 Å². The second-order valence-corrected chi connectivity index (χ2v) is 12.6. The maximum Gasteiger partial charge on any atom is 0.338 e. The second kappa shape index (κ2) is 9.82. The molecule has 0 aromatic heterocycles. The number of hydrogen-bond acceptors (Lipinski definition) is 11. The van der Waals surface area contributed by atoms with E-state index in [0.717, 1.165) is 6.92 Å². The fourth-order valence-corrected chi connectivity index (χ4v) is 7.72. The molecule has 1 aromatic rings. The minimum Gasteiger partial charge on any atom is -0.455 e. The average Bonchev–Trinajstić information content (AvgIpc) is 2.90. The largest absolute Gasteiger partial charge is 0.455 e. The van der Waals surface area contributed by atoms with E-state index in [4.69, 9.17) is 18.9 Å². The first kappa shape index (κ1) is 30.1. The fraction of sp³-hybridized carbons (Fsp3) is 0.581. The van der Waals surface area contributed by atoms with Crippen LogP contribution in [0.2, 0.25) is 0 Å². The summed E-state index contributed by atoms with van der Waals surface area (Å²) < 4.78 is 23.4. The Labute approximate surface area is 243 Å². The topological polar surface area (TPSA) is 163 Å². The Morgan fingerprint density at radius 3 is 2.19 bits per heavy atom. The maximum atomic E-state index is 14.8. The molecule has 4 aliphatic rings. The summed E-state index contributed by atoms with van der Waals surface area (Å²) in [7, 11) is 0. The smallest absolute Gasteiger partial charge is 0.338 e. The van der Waals surface area contributed by atoms with E-state index in [2.05, 4.69) is 0 Å². The van der Waals surface area contributed by atoms with Crippen molar-refractivity contribution in [3.63, 3.8) is 0 Å². The number of carbonyl (C=O) groups excluding carboxylic acids is 5. The molecule has 3 aliphatic carbocycles. The highest BCUT2D eigenvalue weighted by Crippen LogP contribution is 2.63. The van der Waals surface area contributed by atoms with Gasteiger partial charge in [0.1, 0.15) is 17.8 Å². The third kappa shape index (κ3) is 4.00. The molecule has 3 fully saturated rings. The van der Waals surface area contributed by atoms with Crippen LogP contribution in [0.5, 0.6) is 0 Å². The Bertz CT molecular complexity index is 1400. The number of hydrogen-bond donors (Lipinski definition) is 2. The standard InChI is InChI=1S/C31H36O11/c1-15-19(34)13-31(38)26(41-27(37)18-10-8-7-9-11-18)24-29(6,20(35)12-21-30(24,14-39-21)42-17(3)33)25(36)23(40-16(2)32)22(15)28(31,4)5/h7-11,20-21,23-24,26,35,38H,12-14H2,1-6H3/t20-,21+,23+,24?,26?,29+,30-,31+/m0/s1. The fourth-order valence-electron chi connectivity index (χ4n) is 7.72. The monoisotopic (exact) mass is 584 g/mol. The summed E-state index contributed by atoms with van der Waals surface area (Å²) in [6.45, 7) is 8.16. The number of rotatable bonds is 4. The summed E-state index contributed by atoms with van der Waals surface area (Å²) in [5, 5.41) is 24.4. The molecule has 1 aliphatic heterocycles. The van der Waals surface area contributed by atoms with Gasteiger partial charge in [0.2, 0.25) is 0 Å². The van der Waals surface area contributed by atoms with E-state index in [0.29, 0.717) is 0 Å². The minimum atomic E-state index is -2.21. The highest BCUT2D eigenvalue weighted by Gasteiger charge is 2.78. The van der Waals surface area contributed by atoms with Crippen molar-refractivity contribution in [3.8, 4) is 0 Å². The number of carbonyl (C=O) groups is 5. The minimum absolute atomic E-state index is 0.0580. The van der Waals surface area contributed by atoms with Crippen LogP contribution in [0, 0.1) is 16.7 Å². The second-order valence-electron chi connectivity index (χ2n) is 12.6. The van der Waals surface area contributed by atoms with Crippen molar-refractivity contribution in [3.05, 3.63) is 47.0 Å². The van der Waals surface area contributed by atoms with Crippen LogP contribution in [0.15, 0.2) is 41.5 Å². The van der Waals surface area contributed by atoms with Crippen LogP contribution in [0.4, 0.5) is 0 Å². The lowest BCUT2D eigenvalue weighted by Crippen LogP contribution is -2.81. The van der Waals surface area contributed by atoms with Gasteiger partial charge in [-0.25, -0.2) is 4.79 Å². The highest BCUT2D eigenvalue weighted by atomic mass is 16.6. The zero-order valence-corrected chi connectivity index (χ0v) is 24.5. The molecule has 42 heavy (non-hydrogen) atoms. The Hall–Kier alpha value is -3.41. The van der Waals surface area contributed by atoms with Crippen molar-refractivity contribution in [2.24, 2.45) is 16.7 Å². The molecular weight excluding hydrogens is 548 g/mol. The third-order valence-electron chi connectivity index (χ3n) is 10.0. The van der Waals surface area contributed by atoms with Crippen LogP contribution in [-0.2, 0) is 38.1 Å². The van der Waals surface area contributed by atoms with Crippen LogP contribution >= 0.6 is 0 Å². The van der Waals surface area contributed by atoms with Crippen molar-refractivity contribution >= 4 is 29.5 Å². The lowest BCUT2D eigenvalue weighted by Gasteiger charge is -2.67. The molecule has 5 rings (SSSR count). The summed E-state index contributed by atoms with van der Waals surface area (Å²) in [6.07, 6.45) is -6.34. The van der Waals surface area contributed by atoms with Gasteiger partial charge in [0.05, 0.1) is 29.6 Å². The van der Waals surface area contributed by atoms with Crippen molar-refractivity contribution < 1.29 is 53.1 Å². The van der Waals surface area contributed by atoms with Gasteiger partial charge in [-0.05, 0) is 37.1 Å². The molecule has 226 valence electrons. The number of esters is 3. The molecule has 2 N–H and O–H groups in total. The number of ether oxygens (including phenoxy) is 4. The summed E-state index contributed by atoms with van der Waals surface area (Å²) >= 11 is 0. The molecule has 8 atom stereocenters. The number of fused-ring (bicyclic) bond motifs is 5. The summed E-state index contributed by atoms with van der Waals surface area (Å²) in [5.41, 5.74) is -6.91. The zero-order valence-electron chi connectivity index (χ0n) is 24.5. The molecule has 2 saturated carbocycles. The van der Waals surface area contributed by atoms with Gasteiger partial charge in [0.15, 0.2) is 23.3 Å². The molecule has 11 heteroatoms. The van der Waals surface area contributed by atoms with Gasteiger partial charge in [-0.15, -0.1) is 0 Å². The number of aliphatic hydroxyl groups is 2. The predicted molar refractivity (Wildman–Crippen MR) is 144 cm³/mol. The van der Waals surface area contributed by atoms with Crippen LogP contribution in [-0.4, -0.2) is 81.9 Å². The number of aliphatic hydroxyl groups excluding tert-OH is 1. The zero-order chi connectivity index (χ0) is 31.0. The van der Waals surface area contributed by atoms with Crippen molar-refractivity contribution in [2.75, 3.05) is 6.61 Å². The van der Waals surface area contributed by atoms with Crippen LogP contribution < -0.4 is 0 Å². The molecule has 11 nitrogen and oxygen atoms in total. The summed E-state index contributed by atoms with van der Waals surface area (Å²) in [6, 6.07) is 7.97. The average molecular weight is 585 g/mol. The van der Waals surface area contributed by atoms with E-state index in [1.54, 1.807) is 32.0 Å². The molecule has 2 bridgehead atoms. The Balaban J connectivity index is 1.85. The molecular formula is C31H36O11. The highest BCUT2D eigenvalue weighted by molar-refractivity contribution is 6.03. The number of ketones is 2. The maximum absolute atomic E-state index is 14.8. The van der Waals surface area contributed by atoms with Crippen LogP contribution in [0.25, 0.3) is 0 Å². The molecule has 0 spiro atoms. The van der Waals surface area contributed by atoms with E-state index in [1.165, 1.54) is 32.9 Å². The Morgan fingerprint density at radius 1 is 1.00 bits per heavy atom. The van der Waals surface area contributed by atoms with Crippen LogP contribution in [0.1, 0.15) is 64.7 Å². The van der Waals surface area contributed by atoms with Gasteiger partial charge in [0, 0.05) is 32.1 Å². The first-order valence-corrected chi connectivity index (χ1v) is 14.0. The lowest BCUT2D eigenvalue weighted by molar-refractivity contribution is -0.344. The quantitative estimate of drug-likeness (QED) is 0.392. The molecule has 0 amide bonds. The summed E-state index contributed by atoms with van der Waals surface area (Å²) in [5.74, 6) is -5.11. The molecule has 1 heterocycles. The molecule has 1 aromatic carbocycles. The van der Waals surface area contributed by atoms with E-state index in [-0.39, 0.29) is 29.7 Å². The van der Waals surface area contributed by atoms with Crippen molar-refractivity contribution in [1.29, 1.82) is 0 Å². The van der Waals surface area contributed by atoms with E-state index < -0.39 is 88.3 Å². The Morgan fingerprint density at radius 2 is 1.64 bits per heavy atom. The summed E-state index contributed by atoms with van der Waals surface area (Å²) in [4.78, 5) is 66.9. The van der Waals surface area contributed by atoms with Crippen LogP contribution in [0.3, 0.4) is 0 Å². The van der Waals surface area contributed by atoms with Gasteiger partial charge in [0.25, 0.3) is 0 Å². The normalized spacial score (nSPS) is 38.6. The van der Waals surface area contributed by atoms with Gasteiger partial charge in [-0.2, -0.15) is 0 Å². The van der Waals surface area contributed by atoms with Gasteiger partial charge in [-0.3, -0.25) is 19.2 Å². The van der Waals surface area contributed by atoms with E-state index in [1.807, 2.05) is 0 Å². The first-order valence-electron chi connectivity index (χ1n) is 14.0. The molecule has 2 unspecified atom stereocenters. The predicted octanol–water partition coefficient (Wildman–Crippen LogP) is 1.86. The van der Waals surface area contributed by atoms with Gasteiger partial charge in [-0.1, -0.05) is 32.0 Å². The molecule has 1 saturated heterocycles. The number of benzene rings is 1.